The van der Waals surface area contributed by atoms with Gasteiger partial charge in [0.05, 0.1) is 5.69 Å². The minimum atomic E-state index is 0.508. The zero-order valence-corrected chi connectivity index (χ0v) is 10.4. The molecule has 0 atom stereocenters. The second-order valence-corrected chi connectivity index (χ2v) is 5.39. The number of aromatic amines is 1. The number of nitrogens with one attached hydrogen (secondary N) is 1. The van der Waals surface area contributed by atoms with Crippen molar-refractivity contribution in [2.45, 2.75) is 24.3 Å². The third kappa shape index (κ3) is 2.10. The highest BCUT2D eigenvalue weighted by Gasteiger charge is 2.11. The van der Waals surface area contributed by atoms with Crippen LogP contribution in [0.15, 0.2) is 29.2 Å². The van der Waals surface area contributed by atoms with Crippen molar-refractivity contribution in [3.8, 4) is 11.3 Å². The fraction of sp³-hybridized carbons (Fsp3) is 0.308. The van der Waals surface area contributed by atoms with Gasteiger partial charge >= 0.3 is 0 Å². The Kier molecular flexibility index (Phi) is 2.91. The lowest BCUT2D eigenvalue weighted by molar-refractivity contribution is 0.890. The number of aryl methyl sites for hydroxylation is 1. The van der Waals surface area contributed by atoms with Crippen LogP contribution in [0.3, 0.4) is 0 Å². The number of benzene rings is 1. The molecule has 3 rings (SSSR count). The van der Waals surface area contributed by atoms with Gasteiger partial charge in [0.25, 0.3) is 0 Å². The molecule has 0 fully saturated rings. The summed E-state index contributed by atoms with van der Waals surface area (Å²) in [5.41, 5.74) is 10.2. The molecule has 0 unspecified atom stereocenters. The molecule has 1 aromatic carbocycles. The van der Waals surface area contributed by atoms with Gasteiger partial charge in [-0.05, 0) is 42.4 Å². The van der Waals surface area contributed by atoms with E-state index in [0.717, 1.165) is 11.4 Å². The summed E-state index contributed by atoms with van der Waals surface area (Å²) in [6, 6.07) is 8.65. The largest absolute Gasteiger partial charge is 0.325 e. The first-order valence-electron chi connectivity index (χ1n) is 5.87. The van der Waals surface area contributed by atoms with Crippen LogP contribution in [-0.2, 0) is 13.0 Å². The highest BCUT2D eigenvalue weighted by molar-refractivity contribution is 7.99. The summed E-state index contributed by atoms with van der Waals surface area (Å²) >= 11 is 1.95. The Morgan fingerprint density at radius 1 is 1.35 bits per heavy atom. The molecule has 1 aliphatic rings. The molecular weight excluding hydrogens is 230 g/mol. The molecule has 1 aliphatic heterocycles. The Hall–Kier alpha value is -1.26. The molecule has 4 heteroatoms. The van der Waals surface area contributed by atoms with Crippen molar-refractivity contribution in [3.63, 3.8) is 0 Å². The van der Waals surface area contributed by atoms with E-state index in [1.807, 2.05) is 17.8 Å². The first-order valence-corrected chi connectivity index (χ1v) is 6.86. The van der Waals surface area contributed by atoms with E-state index in [1.165, 1.54) is 34.6 Å². The van der Waals surface area contributed by atoms with E-state index in [0.29, 0.717) is 6.54 Å². The molecule has 2 heterocycles. The Labute approximate surface area is 105 Å². The monoisotopic (exact) mass is 245 g/mol. The van der Waals surface area contributed by atoms with Gasteiger partial charge in [0.1, 0.15) is 0 Å². The Morgan fingerprint density at radius 3 is 3.12 bits per heavy atom. The molecule has 0 aliphatic carbocycles. The molecule has 1 aromatic heterocycles. The maximum Gasteiger partial charge on any atom is 0.0924 e. The first kappa shape index (κ1) is 10.9. The van der Waals surface area contributed by atoms with Gasteiger partial charge < -0.3 is 5.73 Å². The van der Waals surface area contributed by atoms with Gasteiger partial charge in [-0.3, -0.25) is 5.10 Å². The molecule has 0 bridgehead atoms. The van der Waals surface area contributed by atoms with Crippen LogP contribution < -0.4 is 5.73 Å². The normalized spacial score (nSPS) is 14.6. The van der Waals surface area contributed by atoms with E-state index in [-0.39, 0.29) is 0 Å². The molecule has 88 valence electrons. The van der Waals surface area contributed by atoms with Crippen molar-refractivity contribution in [2.75, 3.05) is 5.75 Å². The van der Waals surface area contributed by atoms with Gasteiger partial charge in [0.15, 0.2) is 0 Å². The molecule has 3 nitrogen and oxygen atoms in total. The lowest BCUT2D eigenvalue weighted by atomic mass is 10.0. The van der Waals surface area contributed by atoms with Gasteiger partial charge in [0.2, 0.25) is 0 Å². The van der Waals surface area contributed by atoms with Crippen molar-refractivity contribution in [1.29, 1.82) is 0 Å². The summed E-state index contributed by atoms with van der Waals surface area (Å²) in [5.74, 6) is 1.24. The summed E-state index contributed by atoms with van der Waals surface area (Å²) in [7, 11) is 0. The predicted molar refractivity (Wildman–Crippen MR) is 71.0 cm³/mol. The quantitative estimate of drug-likeness (QED) is 0.855. The van der Waals surface area contributed by atoms with E-state index in [1.54, 1.807) is 0 Å². The number of thioether (sulfide) groups is 1. The Morgan fingerprint density at radius 2 is 2.29 bits per heavy atom. The number of H-pyrrole nitrogens is 1. The van der Waals surface area contributed by atoms with Crippen LogP contribution in [0.25, 0.3) is 11.3 Å². The maximum absolute atomic E-state index is 5.58. The SMILES string of the molecule is NCc1cc(-c2ccc3c(c2)CCCS3)n[nH]1. The molecule has 0 saturated heterocycles. The lowest BCUT2D eigenvalue weighted by Gasteiger charge is -2.15. The van der Waals surface area contributed by atoms with E-state index in [9.17, 15) is 0 Å². The van der Waals surface area contributed by atoms with Crippen molar-refractivity contribution in [3.05, 3.63) is 35.5 Å². The molecule has 0 amide bonds. The van der Waals surface area contributed by atoms with Crippen LogP contribution >= 0.6 is 11.8 Å². The van der Waals surface area contributed by atoms with Crippen LogP contribution in [0.4, 0.5) is 0 Å². The number of fused-ring (bicyclic) bond motifs is 1. The minimum absolute atomic E-state index is 0.508. The van der Waals surface area contributed by atoms with E-state index < -0.39 is 0 Å². The van der Waals surface area contributed by atoms with E-state index in [4.69, 9.17) is 5.73 Å². The molecule has 17 heavy (non-hydrogen) atoms. The lowest BCUT2D eigenvalue weighted by Crippen LogP contribution is -1.98. The average Bonchev–Trinajstić information content (AvgIpc) is 2.87. The summed E-state index contributed by atoms with van der Waals surface area (Å²) < 4.78 is 0. The van der Waals surface area contributed by atoms with Crippen LogP contribution in [0.1, 0.15) is 17.7 Å². The number of hydrogen-bond acceptors (Lipinski definition) is 3. The van der Waals surface area contributed by atoms with E-state index in [2.05, 4.69) is 28.4 Å². The maximum atomic E-state index is 5.58. The zero-order valence-electron chi connectivity index (χ0n) is 9.57. The first-order chi connectivity index (χ1) is 8.36. The smallest absolute Gasteiger partial charge is 0.0924 e. The third-order valence-electron chi connectivity index (χ3n) is 3.06. The predicted octanol–water partition coefficient (Wildman–Crippen LogP) is 2.57. The van der Waals surface area contributed by atoms with Crippen molar-refractivity contribution >= 4 is 11.8 Å². The molecule has 3 N–H and O–H groups in total. The fourth-order valence-corrected chi connectivity index (χ4v) is 3.15. The fourth-order valence-electron chi connectivity index (χ4n) is 2.13. The van der Waals surface area contributed by atoms with Crippen LogP contribution in [0.5, 0.6) is 0 Å². The van der Waals surface area contributed by atoms with Gasteiger partial charge in [-0.1, -0.05) is 6.07 Å². The molecule has 0 spiro atoms. The number of nitrogens with zero attached hydrogens (tertiary/aromatic N) is 1. The van der Waals surface area contributed by atoms with E-state index >= 15 is 0 Å². The molecular formula is C13H15N3S. The zero-order chi connectivity index (χ0) is 11.7. The summed E-state index contributed by atoms with van der Waals surface area (Å²) in [4.78, 5) is 1.43. The Balaban J connectivity index is 1.97. The van der Waals surface area contributed by atoms with Crippen molar-refractivity contribution < 1.29 is 0 Å². The Bertz CT molecular complexity index is 533. The van der Waals surface area contributed by atoms with Crippen LogP contribution in [0.2, 0.25) is 0 Å². The minimum Gasteiger partial charge on any atom is -0.325 e. The summed E-state index contributed by atoms with van der Waals surface area (Å²) in [5, 5.41) is 7.25. The summed E-state index contributed by atoms with van der Waals surface area (Å²) in [6.07, 6.45) is 2.46. The topological polar surface area (TPSA) is 54.7 Å². The molecule has 0 radical (unpaired) electrons. The van der Waals surface area contributed by atoms with Gasteiger partial charge in [-0.15, -0.1) is 11.8 Å². The second-order valence-electron chi connectivity index (χ2n) is 4.26. The third-order valence-corrected chi connectivity index (χ3v) is 4.26. The highest BCUT2D eigenvalue weighted by Crippen LogP contribution is 2.32. The number of nitrogens with two attached hydrogens (primary N) is 1. The molecule has 0 saturated carbocycles. The van der Waals surface area contributed by atoms with Gasteiger partial charge in [0, 0.05) is 22.7 Å². The van der Waals surface area contributed by atoms with Gasteiger partial charge in [-0.2, -0.15) is 5.10 Å². The van der Waals surface area contributed by atoms with Crippen molar-refractivity contribution in [1.82, 2.24) is 10.2 Å². The standard InChI is InChI=1S/C13H15N3S/c14-8-11-7-12(16-15-11)9-3-4-13-10(6-9)2-1-5-17-13/h3-4,6-7H,1-2,5,8,14H2,(H,15,16). The van der Waals surface area contributed by atoms with Crippen molar-refractivity contribution in [2.24, 2.45) is 5.73 Å². The van der Waals surface area contributed by atoms with Crippen LogP contribution in [-0.4, -0.2) is 16.0 Å². The average molecular weight is 245 g/mol. The van der Waals surface area contributed by atoms with Gasteiger partial charge in [-0.25, -0.2) is 0 Å². The van der Waals surface area contributed by atoms with Crippen LogP contribution in [0, 0.1) is 0 Å². The molecule has 2 aromatic rings. The summed E-state index contributed by atoms with van der Waals surface area (Å²) in [6.45, 7) is 0.508. The second kappa shape index (κ2) is 4.55. The number of rotatable bonds is 2. The highest BCUT2D eigenvalue weighted by atomic mass is 32.2. The number of hydrogen-bond donors (Lipinski definition) is 2. The number of aromatic nitrogens is 2.